The molecule has 0 amide bonds. The highest BCUT2D eigenvalue weighted by Gasteiger charge is 2.23. The Balaban J connectivity index is 2.20. The van der Waals surface area contributed by atoms with Crippen LogP contribution < -0.4 is 10.5 Å². The molecule has 0 fully saturated rings. The zero-order valence-electron chi connectivity index (χ0n) is 13.0. The zero-order chi connectivity index (χ0) is 15.2. The van der Waals surface area contributed by atoms with Crippen molar-refractivity contribution in [2.75, 3.05) is 14.2 Å². The molecule has 0 saturated heterocycles. The zero-order valence-corrected chi connectivity index (χ0v) is 13.8. The topological polar surface area (TPSA) is 38.5 Å². The van der Waals surface area contributed by atoms with E-state index in [4.69, 9.17) is 10.5 Å². The number of hydrogen-bond donors (Lipinski definition) is 1. The van der Waals surface area contributed by atoms with Gasteiger partial charge in [0.25, 0.3) is 0 Å². The molecular weight excluding hydrogens is 280 g/mol. The molecule has 1 heterocycles. The molecule has 21 heavy (non-hydrogen) atoms. The molecule has 2 atom stereocenters. The van der Waals surface area contributed by atoms with Crippen LogP contribution in [0.5, 0.6) is 5.75 Å². The Labute approximate surface area is 131 Å². The van der Waals surface area contributed by atoms with Gasteiger partial charge in [-0.25, -0.2) is 0 Å². The van der Waals surface area contributed by atoms with Crippen molar-refractivity contribution >= 4 is 11.3 Å². The lowest BCUT2D eigenvalue weighted by atomic mass is 9.96. The molecule has 1 aromatic heterocycles. The van der Waals surface area contributed by atoms with Crippen LogP contribution in [0.25, 0.3) is 0 Å². The lowest BCUT2D eigenvalue weighted by Gasteiger charge is -2.32. The van der Waals surface area contributed by atoms with Crippen LogP contribution in [0.4, 0.5) is 0 Å². The average molecular weight is 304 g/mol. The molecule has 1 aromatic carbocycles. The van der Waals surface area contributed by atoms with Crippen LogP contribution in [0.2, 0.25) is 0 Å². The number of likely N-dealkylation sites (N-methyl/N-ethyl adjacent to an activating group) is 1. The first kappa shape index (κ1) is 16.0. The van der Waals surface area contributed by atoms with E-state index >= 15 is 0 Å². The molecular formula is C17H24N2OS. The van der Waals surface area contributed by atoms with Gasteiger partial charge in [0, 0.05) is 18.6 Å². The predicted molar refractivity (Wildman–Crippen MR) is 89.8 cm³/mol. The largest absolute Gasteiger partial charge is 0.497 e. The average Bonchev–Trinajstić information content (AvgIpc) is 3.00. The maximum atomic E-state index is 6.38. The molecule has 2 N–H and O–H groups in total. The molecule has 0 aliphatic rings. The smallest absolute Gasteiger partial charge is 0.118 e. The molecule has 4 heteroatoms. The standard InChI is InChI=1S/C17H24N2OS/c1-4-16(18)17(14-5-7-15(20-3)8-6-14)19(2)11-13-9-10-21-12-13/h5-10,12,16-17H,4,11,18H2,1-3H3. The Hall–Kier alpha value is -1.36. The fourth-order valence-corrected chi connectivity index (χ4v) is 3.28. The van der Waals surface area contributed by atoms with Crippen LogP contribution >= 0.6 is 11.3 Å². The number of benzene rings is 1. The summed E-state index contributed by atoms with van der Waals surface area (Å²) in [5.74, 6) is 0.878. The van der Waals surface area contributed by atoms with Crippen molar-refractivity contribution in [2.24, 2.45) is 5.73 Å². The van der Waals surface area contributed by atoms with Crippen LogP contribution in [-0.4, -0.2) is 25.1 Å². The van der Waals surface area contributed by atoms with Gasteiger partial charge in [-0.1, -0.05) is 19.1 Å². The summed E-state index contributed by atoms with van der Waals surface area (Å²) in [6.45, 7) is 3.05. The third kappa shape index (κ3) is 4.06. The first-order valence-corrected chi connectivity index (χ1v) is 8.20. The van der Waals surface area contributed by atoms with Crippen LogP contribution in [0, 0.1) is 0 Å². The van der Waals surface area contributed by atoms with Gasteiger partial charge in [-0.3, -0.25) is 4.90 Å². The van der Waals surface area contributed by atoms with Crippen LogP contribution in [0.15, 0.2) is 41.1 Å². The van der Waals surface area contributed by atoms with E-state index in [1.165, 1.54) is 11.1 Å². The van der Waals surface area contributed by atoms with Gasteiger partial charge >= 0.3 is 0 Å². The van der Waals surface area contributed by atoms with Gasteiger partial charge in [-0.2, -0.15) is 11.3 Å². The van der Waals surface area contributed by atoms with Gasteiger partial charge in [-0.15, -0.1) is 0 Å². The number of rotatable bonds is 7. The molecule has 114 valence electrons. The van der Waals surface area contributed by atoms with E-state index < -0.39 is 0 Å². The second-order valence-corrected chi connectivity index (χ2v) is 6.12. The number of hydrogen-bond acceptors (Lipinski definition) is 4. The van der Waals surface area contributed by atoms with Gasteiger partial charge in [0.2, 0.25) is 0 Å². The van der Waals surface area contributed by atoms with Crippen LogP contribution in [0.1, 0.15) is 30.5 Å². The van der Waals surface area contributed by atoms with Crippen molar-refractivity contribution in [3.05, 3.63) is 52.2 Å². The highest BCUT2D eigenvalue weighted by Crippen LogP contribution is 2.27. The minimum Gasteiger partial charge on any atom is -0.497 e. The molecule has 0 radical (unpaired) electrons. The first-order valence-electron chi connectivity index (χ1n) is 7.26. The summed E-state index contributed by atoms with van der Waals surface area (Å²) >= 11 is 1.73. The molecule has 0 aliphatic heterocycles. The minimum absolute atomic E-state index is 0.113. The number of methoxy groups -OCH3 is 1. The Morgan fingerprint density at radius 3 is 2.48 bits per heavy atom. The predicted octanol–water partition coefficient (Wildman–Crippen LogP) is 3.67. The summed E-state index contributed by atoms with van der Waals surface area (Å²) in [7, 11) is 3.83. The Kier molecular flexibility index (Phi) is 5.79. The van der Waals surface area contributed by atoms with Crippen molar-refractivity contribution in [1.82, 2.24) is 4.90 Å². The number of thiophene rings is 1. The molecule has 0 bridgehead atoms. The second-order valence-electron chi connectivity index (χ2n) is 5.34. The van der Waals surface area contributed by atoms with E-state index in [-0.39, 0.29) is 12.1 Å². The van der Waals surface area contributed by atoms with Gasteiger partial charge < -0.3 is 10.5 Å². The van der Waals surface area contributed by atoms with E-state index in [2.05, 4.69) is 47.8 Å². The maximum absolute atomic E-state index is 6.38. The van der Waals surface area contributed by atoms with E-state index in [1.54, 1.807) is 18.4 Å². The number of nitrogens with zero attached hydrogens (tertiary/aromatic N) is 1. The lowest BCUT2D eigenvalue weighted by Crippen LogP contribution is -2.38. The van der Waals surface area contributed by atoms with Gasteiger partial charge in [-0.05, 0) is 53.6 Å². The first-order chi connectivity index (χ1) is 10.2. The number of nitrogens with two attached hydrogens (primary N) is 1. The van der Waals surface area contributed by atoms with Crippen molar-refractivity contribution in [3.8, 4) is 5.75 Å². The minimum atomic E-state index is 0.113. The SMILES string of the molecule is CCC(N)C(c1ccc(OC)cc1)N(C)Cc1ccsc1. The highest BCUT2D eigenvalue weighted by atomic mass is 32.1. The van der Waals surface area contributed by atoms with E-state index in [0.717, 1.165) is 18.7 Å². The molecule has 0 saturated carbocycles. The molecule has 0 aliphatic carbocycles. The van der Waals surface area contributed by atoms with Crippen LogP contribution in [0.3, 0.4) is 0 Å². The molecule has 2 aromatic rings. The lowest BCUT2D eigenvalue weighted by molar-refractivity contribution is 0.202. The summed E-state index contributed by atoms with van der Waals surface area (Å²) in [5.41, 5.74) is 8.96. The fraction of sp³-hybridized carbons (Fsp3) is 0.412. The maximum Gasteiger partial charge on any atom is 0.118 e. The van der Waals surface area contributed by atoms with Crippen molar-refractivity contribution in [3.63, 3.8) is 0 Å². The van der Waals surface area contributed by atoms with Gasteiger partial charge in [0.1, 0.15) is 5.75 Å². The Morgan fingerprint density at radius 2 is 1.95 bits per heavy atom. The normalized spacial score (nSPS) is 14.1. The Morgan fingerprint density at radius 1 is 1.24 bits per heavy atom. The van der Waals surface area contributed by atoms with E-state index in [9.17, 15) is 0 Å². The monoisotopic (exact) mass is 304 g/mol. The third-order valence-electron chi connectivity index (χ3n) is 3.82. The molecule has 3 nitrogen and oxygen atoms in total. The van der Waals surface area contributed by atoms with Crippen LogP contribution in [-0.2, 0) is 6.54 Å². The fourth-order valence-electron chi connectivity index (χ4n) is 2.62. The van der Waals surface area contributed by atoms with Crippen molar-refractivity contribution in [1.29, 1.82) is 0 Å². The summed E-state index contributed by atoms with van der Waals surface area (Å²) < 4.78 is 5.24. The number of ether oxygens (including phenoxy) is 1. The summed E-state index contributed by atoms with van der Waals surface area (Å²) in [4.78, 5) is 2.33. The molecule has 2 unspecified atom stereocenters. The summed E-state index contributed by atoms with van der Waals surface area (Å²) in [6.07, 6.45) is 0.949. The molecule has 0 spiro atoms. The van der Waals surface area contributed by atoms with E-state index in [0.29, 0.717) is 0 Å². The van der Waals surface area contributed by atoms with Crippen molar-refractivity contribution < 1.29 is 4.74 Å². The Bertz CT molecular complexity index is 524. The second kappa shape index (κ2) is 7.59. The third-order valence-corrected chi connectivity index (χ3v) is 4.55. The summed E-state index contributed by atoms with van der Waals surface area (Å²) in [6, 6.07) is 10.7. The van der Waals surface area contributed by atoms with Gasteiger partial charge in [0.05, 0.1) is 7.11 Å². The quantitative estimate of drug-likeness (QED) is 0.848. The molecule has 2 rings (SSSR count). The highest BCUT2D eigenvalue weighted by molar-refractivity contribution is 7.07. The van der Waals surface area contributed by atoms with E-state index in [1.807, 2.05) is 12.1 Å². The van der Waals surface area contributed by atoms with Gasteiger partial charge in [0.15, 0.2) is 0 Å². The summed E-state index contributed by atoms with van der Waals surface area (Å²) in [5, 5.41) is 4.31. The van der Waals surface area contributed by atoms with Crippen molar-refractivity contribution in [2.45, 2.75) is 32.0 Å².